The maximum atomic E-state index is 13.7. The van der Waals surface area contributed by atoms with Crippen LogP contribution < -0.4 is 11.1 Å². The van der Waals surface area contributed by atoms with E-state index < -0.39 is 34.6 Å². The molecule has 2 rings (SSSR count). The summed E-state index contributed by atoms with van der Waals surface area (Å²) in [6.07, 6.45) is 0. The molecule has 4 nitrogen and oxygen atoms in total. The Bertz CT molecular complexity index is 769. The maximum Gasteiger partial charge on any atom is 0.258 e. The van der Waals surface area contributed by atoms with E-state index in [0.717, 1.165) is 24.3 Å². The molecule has 2 aromatic rings. The van der Waals surface area contributed by atoms with Gasteiger partial charge in [-0.05, 0) is 30.3 Å². The van der Waals surface area contributed by atoms with Crippen LogP contribution in [0.25, 0.3) is 0 Å². The van der Waals surface area contributed by atoms with Gasteiger partial charge in [-0.1, -0.05) is 0 Å². The Labute approximate surface area is 117 Å². The Hall–Kier alpha value is -3.01. The lowest BCUT2D eigenvalue weighted by Gasteiger charge is -2.09. The summed E-state index contributed by atoms with van der Waals surface area (Å²) >= 11 is 0. The summed E-state index contributed by atoms with van der Waals surface area (Å²) in [5.41, 5.74) is 3.94. The number of hydrogen-bond acceptors (Lipinski definition) is 3. The van der Waals surface area contributed by atoms with Crippen LogP contribution in [-0.4, -0.2) is 5.91 Å². The number of rotatable bonds is 2. The first-order valence-corrected chi connectivity index (χ1v) is 5.68. The van der Waals surface area contributed by atoms with E-state index in [-0.39, 0.29) is 11.3 Å². The molecule has 2 aromatic carbocycles. The van der Waals surface area contributed by atoms with Gasteiger partial charge in [0.1, 0.15) is 17.7 Å². The normalized spacial score (nSPS) is 10.0. The first-order valence-electron chi connectivity index (χ1n) is 5.68. The van der Waals surface area contributed by atoms with Crippen molar-refractivity contribution in [2.75, 3.05) is 11.1 Å². The first kappa shape index (κ1) is 14.4. The summed E-state index contributed by atoms with van der Waals surface area (Å²) in [4.78, 5) is 11.9. The number of hydrogen-bond donors (Lipinski definition) is 2. The Balaban J connectivity index is 2.38. The van der Waals surface area contributed by atoms with Crippen LogP contribution in [0.3, 0.4) is 0 Å². The number of nitrogens with two attached hydrogens (primary N) is 1. The third-order valence-electron chi connectivity index (χ3n) is 2.66. The number of nitriles is 1. The number of halogens is 3. The van der Waals surface area contributed by atoms with Crippen LogP contribution in [0.5, 0.6) is 0 Å². The molecule has 0 heterocycles. The zero-order valence-corrected chi connectivity index (χ0v) is 10.5. The molecule has 0 saturated heterocycles. The van der Waals surface area contributed by atoms with Crippen molar-refractivity contribution in [3.63, 3.8) is 0 Å². The van der Waals surface area contributed by atoms with Gasteiger partial charge in [-0.3, -0.25) is 4.79 Å². The lowest BCUT2D eigenvalue weighted by molar-refractivity contribution is 0.102. The highest BCUT2D eigenvalue weighted by molar-refractivity contribution is 6.05. The summed E-state index contributed by atoms with van der Waals surface area (Å²) in [6, 6.07) is 6.18. The van der Waals surface area contributed by atoms with Crippen LogP contribution in [0.1, 0.15) is 15.9 Å². The molecule has 0 radical (unpaired) electrons. The van der Waals surface area contributed by atoms with E-state index >= 15 is 0 Å². The fourth-order valence-corrected chi connectivity index (χ4v) is 1.68. The van der Waals surface area contributed by atoms with E-state index in [4.69, 9.17) is 11.0 Å². The predicted octanol–water partition coefficient (Wildman–Crippen LogP) is 2.81. The van der Waals surface area contributed by atoms with Crippen molar-refractivity contribution in [2.45, 2.75) is 0 Å². The molecule has 106 valence electrons. The number of nitrogens with one attached hydrogen (secondary N) is 1. The van der Waals surface area contributed by atoms with Crippen molar-refractivity contribution in [3.05, 3.63) is 58.9 Å². The van der Waals surface area contributed by atoms with Crippen LogP contribution in [0.4, 0.5) is 24.5 Å². The molecule has 7 heteroatoms. The van der Waals surface area contributed by atoms with Gasteiger partial charge >= 0.3 is 0 Å². The largest absolute Gasteiger partial charge is 0.396 e. The molecule has 0 aromatic heterocycles. The Morgan fingerprint density at radius 1 is 1.14 bits per heavy atom. The third-order valence-corrected chi connectivity index (χ3v) is 2.66. The van der Waals surface area contributed by atoms with Gasteiger partial charge in [-0.25, -0.2) is 13.2 Å². The van der Waals surface area contributed by atoms with E-state index in [0.29, 0.717) is 6.07 Å². The number of carbonyl (C=O) groups is 1. The van der Waals surface area contributed by atoms with Crippen molar-refractivity contribution in [1.82, 2.24) is 0 Å². The fraction of sp³-hybridized carbons (Fsp3) is 0. The second-order valence-electron chi connectivity index (χ2n) is 4.11. The summed E-state index contributed by atoms with van der Waals surface area (Å²) in [6.45, 7) is 0. The number of amides is 1. The van der Waals surface area contributed by atoms with Crippen LogP contribution in [0.2, 0.25) is 0 Å². The summed E-state index contributed by atoms with van der Waals surface area (Å²) in [5, 5.41) is 11.1. The fourth-order valence-electron chi connectivity index (χ4n) is 1.68. The number of carbonyl (C=O) groups excluding carboxylic acids is 1. The second-order valence-corrected chi connectivity index (χ2v) is 4.11. The molecule has 0 bridgehead atoms. The van der Waals surface area contributed by atoms with Crippen LogP contribution in [0.15, 0.2) is 30.3 Å². The molecular formula is C14H8F3N3O. The Morgan fingerprint density at radius 2 is 1.86 bits per heavy atom. The summed E-state index contributed by atoms with van der Waals surface area (Å²) in [7, 11) is 0. The van der Waals surface area contributed by atoms with Gasteiger partial charge in [0.25, 0.3) is 5.91 Å². The molecule has 0 unspecified atom stereocenters. The minimum Gasteiger partial charge on any atom is -0.396 e. The van der Waals surface area contributed by atoms with Crippen molar-refractivity contribution >= 4 is 17.3 Å². The van der Waals surface area contributed by atoms with Crippen LogP contribution >= 0.6 is 0 Å². The van der Waals surface area contributed by atoms with Gasteiger partial charge < -0.3 is 11.1 Å². The van der Waals surface area contributed by atoms with E-state index in [1.807, 2.05) is 0 Å². The number of benzene rings is 2. The lowest BCUT2D eigenvalue weighted by Crippen LogP contribution is -2.16. The van der Waals surface area contributed by atoms with Gasteiger partial charge in [0, 0.05) is 0 Å². The lowest BCUT2D eigenvalue weighted by atomic mass is 10.1. The van der Waals surface area contributed by atoms with E-state index in [1.54, 1.807) is 6.07 Å². The summed E-state index contributed by atoms with van der Waals surface area (Å²) in [5.74, 6) is -3.61. The molecule has 3 N–H and O–H groups in total. The standard InChI is InChI=1S/C14H8F3N3O/c15-8-1-2-12(7(3-8)6-18)20-14(21)10-4-9(16)5-11(19)13(10)17/h1-5H,19H2,(H,20,21). The van der Waals surface area contributed by atoms with Gasteiger partial charge in [0.15, 0.2) is 5.82 Å². The molecule has 0 atom stereocenters. The predicted molar refractivity (Wildman–Crippen MR) is 69.8 cm³/mol. The van der Waals surface area contributed by atoms with Crippen LogP contribution in [-0.2, 0) is 0 Å². The quantitative estimate of drug-likeness (QED) is 0.835. The highest BCUT2D eigenvalue weighted by Crippen LogP contribution is 2.21. The average Bonchev–Trinajstić information content (AvgIpc) is 2.44. The van der Waals surface area contributed by atoms with Gasteiger partial charge in [0.2, 0.25) is 0 Å². The molecule has 0 spiro atoms. The Morgan fingerprint density at radius 3 is 2.52 bits per heavy atom. The van der Waals surface area contributed by atoms with E-state index in [1.165, 1.54) is 0 Å². The summed E-state index contributed by atoms with van der Waals surface area (Å²) < 4.78 is 39.9. The first-order chi connectivity index (χ1) is 9.92. The molecular weight excluding hydrogens is 283 g/mol. The van der Waals surface area contributed by atoms with Gasteiger partial charge in [0.05, 0.1) is 22.5 Å². The Kier molecular flexibility index (Phi) is 3.80. The second kappa shape index (κ2) is 5.54. The van der Waals surface area contributed by atoms with Crippen molar-refractivity contribution in [3.8, 4) is 6.07 Å². The highest BCUT2D eigenvalue weighted by Gasteiger charge is 2.17. The minimum absolute atomic E-state index is 0.0221. The molecule has 0 saturated carbocycles. The number of nitrogen functional groups attached to an aromatic ring is 1. The van der Waals surface area contributed by atoms with Gasteiger partial charge in [-0.15, -0.1) is 0 Å². The number of anilines is 2. The number of nitrogens with zero attached hydrogens (tertiary/aromatic N) is 1. The maximum absolute atomic E-state index is 13.7. The molecule has 21 heavy (non-hydrogen) atoms. The topological polar surface area (TPSA) is 78.9 Å². The molecule has 0 aliphatic heterocycles. The SMILES string of the molecule is N#Cc1cc(F)ccc1NC(=O)c1cc(F)cc(N)c1F. The molecule has 1 amide bonds. The smallest absolute Gasteiger partial charge is 0.258 e. The molecule has 0 aliphatic rings. The average molecular weight is 291 g/mol. The van der Waals surface area contributed by atoms with E-state index in [9.17, 15) is 18.0 Å². The van der Waals surface area contributed by atoms with Crippen molar-refractivity contribution < 1.29 is 18.0 Å². The molecule has 0 fully saturated rings. The van der Waals surface area contributed by atoms with Crippen molar-refractivity contribution in [1.29, 1.82) is 5.26 Å². The minimum atomic E-state index is -1.07. The van der Waals surface area contributed by atoms with E-state index in [2.05, 4.69) is 5.32 Å². The van der Waals surface area contributed by atoms with Crippen molar-refractivity contribution in [2.24, 2.45) is 0 Å². The molecule has 0 aliphatic carbocycles. The third kappa shape index (κ3) is 2.95. The zero-order chi connectivity index (χ0) is 15.6. The zero-order valence-electron chi connectivity index (χ0n) is 10.5. The van der Waals surface area contributed by atoms with Gasteiger partial charge in [-0.2, -0.15) is 5.26 Å². The monoisotopic (exact) mass is 291 g/mol. The highest BCUT2D eigenvalue weighted by atomic mass is 19.1. The van der Waals surface area contributed by atoms with Crippen LogP contribution in [0, 0.1) is 28.8 Å².